The number of benzene rings is 2. The van der Waals surface area contributed by atoms with E-state index in [1.165, 1.54) is 5.56 Å². The summed E-state index contributed by atoms with van der Waals surface area (Å²) in [5, 5.41) is 3.39. The molecular weight excluding hydrogens is 321 g/mol. The zero-order valence-corrected chi connectivity index (χ0v) is 15.7. The van der Waals surface area contributed by atoms with E-state index in [-0.39, 0.29) is 0 Å². The molecule has 0 amide bonds. The van der Waals surface area contributed by atoms with Crippen LogP contribution in [0.1, 0.15) is 36.3 Å². The number of hydrogen-bond donors (Lipinski definition) is 1. The Hall–Kier alpha value is -1.61. The lowest BCUT2D eigenvalue weighted by Gasteiger charge is -2.28. The summed E-state index contributed by atoms with van der Waals surface area (Å²) in [7, 11) is -3.36. The molecule has 0 spiro atoms. The van der Waals surface area contributed by atoms with Gasteiger partial charge in [-0.25, -0.2) is 0 Å². The summed E-state index contributed by atoms with van der Waals surface area (Å²) in [6.45, 7) is 8.39. The van der Waals surface area contributed by atoms with E-state index in [0.29, 0.717) is 13.2 Å². The van der Waals surface area contributed by atoms with Crippen molar-refractivity contribution >= 4 is 13.3 Å². The Kier molecular flexibility index (Phi) is 6.61. The summed E-state index contributed by atoms with van der Waals surface area (Å²) < 4.78 is 24.6. The number of aryl methyl sites for hydroxylation is 2. The van der Waals surface area contributed by atoms with Gasteiger partial charge in [0, 0.05) is 5.69 Å². The van der Waals surface area contributed by atoms with Crippen molar-refractivity contribution in [2.75, 3.05) is 18.5 Å². The highest BCUT2D eigenvalue weighted by Crippen LogP contribution is 2.60. The molecule has 1 N–H and O–H groups in total. The Labute approximate surface area is 144 Å². The van der Waals surface area contributed by atoms with Gasteiger partial charge in [-0.15, -0.1) is 0 Å². The van der Waals surface area contributed by atoms with Gasteiger partial charge >= 0.3 is 7.60 Å². The molecule has 0 bridgehead atoms. The summed E-state index contributed by atoms with van der Waals surface area (Å²) in [5.74, 6) is -0.556. The van der Waals surface area contributed by atoms with E-state index in [0.717, 1.165) is 16.8 Å². The van der Waals surface area contributed by atoms with Gasteiger partial charge in [-0.05, 0) is 44.9 Å². The summed E-state index contributed by atoms with van der Waals surface area (Å²) in [5.41, 5.74) is 4.08. The van der Waals surface area contributed by atoms with Crippen LogP contribution in [0.25, 0.3) is 0 Å². The highest BCUT2D eigenvalue weighted by atomic mass is 31.2. The average Bonchev–Trinajstić information content (AvgIpc) is 2.55. The molecule has 0 fully saturated rings. The molecule has 130 valence electrons. The molecule has 24 heavy (non-hydrogen) atoms. The van der Waals surface area contributed by atoms with Crippen LogP contribution in [0.2, 0.25) is 0 Å². The first-order valence-corrected chi connectivity index (χ1v) is 9.89. The van der Waals surface area contributed by atoms with Crippen molar-refractivity contribution in [1.29, 1.82) is 0 Å². The average molecular weight is 347 g/mol. The lowest BCUT2D eigenvalue weighted by molar-refractivity contribution is 0.214. The molecule has 0 aliphatic heterocycles. The standard InChI is InChI=1S/C19H26NO3P/c1-5-22-24(21,23-6-2)19(17-10-8-7-9-11-17)20-18-13-12-15(3)14-16(18)4/h7-14,19-20H,5-6H2,1-4H3. The largest absolute Gasteiger partial charge is 0.368 e. The van der Waals surface area contributed by atoms with E-state index >= 15 is 0 Å². The van der Waals surface area contributed by atoms with Crippen molar-refractivity contribution in [3.05, 3.63) is 65.2 Å². The van der Waals surface area contributed by atoms with Crippen molar-refractivity contribution in [3.63, 3.8) is 0 Å². The SMILES string of the molecule is CCOP(=O)(OCC)C(Nc1ccc(C)cc1C)c1ccccc1. The number of hydrogen-bond acceptors (Lipinski definition) is 4. The first-order chi connectivity index (χ1) is 11.5. The topological polar surface area (TPSA) is 47.6 Å². The number of anilines is 1. The highest BCUT2D eigenvalue weighted by Gasteiger charge is 2.37. The summed E-state index contributed by atoms with van der Waals surface area (Å²) in [6.07, 6.45) is 0. The van der Waals surface area contributed by atoms with E-state index in [2.05, 4.69) is 18.3 Å². The van der Waals surface area contributed by atoms with E-state index in [4.69, 9.17) is 9.05 Å². The monoisotopic (exact) mass is 347 g/mol. The number of rotatable bonds is 8. The fraction of sp³-hybridized carbons (Fsp3) is 0.368. The normalized spacial score (nSPS) is 12.8. The van der Waals surface area contributed by atoms with Crippen molar-refractivity contribution in [2.24, 2.45) is 0 Å². The molecule has 1 unspecified atom stereocenters. The van der Waals surface area contributed by atoms with Gasteiger partial charge in [0.1, 0.15) is 0 Å². The van der Waals surface area contributed by atoms with Gasteiger partial charge in [0.05, 0.1) is 13.2 Å². The lowest BCUT2D eigenvalue weighted by Crippen LogP contribution is -2.16. The molecule has 0 aromatic heterocycles. The molecule has 0 aliphatic rings. The first-order valence-electron chi connectivity index (χ1n) is 8.27. The predicted molar refractivity (Wildman–Crippen MR) is 99.6 cm³/mol. The lowest BCUT2D eigenvalue weighted by atomic mass is 10.1. The maximum atomic E-state index is 13.4. The van der Waals surface area contributed by atoms with Crippen LogP contribution in [0, 0.1) is 13.8 Å². The molecule has 0 radical (unpaired) electrons. The third-order valence-corrected chi connectivity index (χ3v) is 6.02. The molecule has 2 aromatic rings. The molecule has 2 aromatic carbocycles. The first kappa shape index (κ1) is 18.7. The smallest absolute Gasteiger partial charge is 0.357 e. The van der Waals surface area contributed by atoms with E-state index in [1.807, 2.05) is 63.2 Å². The van der Waals surface area contributed by atoms with Gasteiger partial charge in [-0.1, -0.05) is 48.0 Å². The fourth-order valence-corrected chi connectivity index (χ4v) is 4.58. The maximum Gasteiger partial charge on any atom is 0.357 e. The zero-order chi connectivity index (χ0) is 17.6. The van der Waals surface area contributed by atoms with Crippen LogP contribution in [0.3, 0.4) is 0 Å². The molecule has 0 saturated heterocycles. The Morgan fingerprint density at radius 1 is 1.00 bits per heavy atom. The molecule has 0 saturated carbocycles. The minimum absolute atomic E-state index is 0.329. The second-order valence-electron chi connectivity index (χ2n) is 5.65. The van der Waals surface area contributed by atoms with Gasteiger partial charge in [-0.3, -0.25) is 4.57 Å². The fourth-order valence-electron chi connectivity index (χ4n) is 2.65. The maximum absolute atomic E-state index is 13.4. The molecule has 0 aliphatic carbocycles. The molecule has 2 rings (SSSR count). The molecule has 4 nitrogen and oxygen atoms in total. The molecule has 5 heteroatoms. The van der Waals surface area contributed by atoms with Crippen molar-refractivity contribution < 1.29 is 13.6 Å². The second-order valence-corrected chi connectivity index (χ2v) is 7.76. The highest BCUT2D eigenvalue weighted by molar-refractivity contribution is 7.54. The minimum atomic E-state index is -3.36. The van der Waals surface area contributed by atoms with Crippen LogP contribution in [0.15, 0.2) is 48.5 Å². The van der Waals surface area contributed by atoms with Crippen LogP contribution < -0.4 is 5.32 Å². The quantitative estimate of drug-likeness (QED) is 0.624. The van der Waals surface area contributed by atoms with Crippen molar-refractivity contribution in [3.8, 4) is 0 Å². The van der Waals surface area contributed by atoms with Crippen LogP contribution >= 0.6 is 7.60 Å². The second kappa shape index (κ2) is 8.48. The summed E-state index contributed by atoms with van der Waals surface area (Å²) in [4.78, 5) is 0. The van der Waals surface area contributed by atoms with Crippen molar-refractivity contribution in [1.82, 2.24) is 0 Å². The summed E-state index contributed by atoms with van der Waals surface area (Å²) in [6, 6.07) is 15.8. The zero-order valence-electron chi connectivity index (χ0n) is 14.8. The van der Waals surface area contributed by atoms with Crippen LogP contribution in [0.4, 0.5) is 5.69 Å². The molecule has 1 atom stereocenters. The van der Waals surface area contributed by atoms with Gasteiger partial charge < -0.3 is 14.4 Å². The Morgan fingerprint density at radius 2 is 1.62 bits per heavy atom. The third kappa shape index (κ3) is 4.47. The Morgan fingerprint density at radius 3 is 2.17 bits per heavy atom. The third-order valence-electron chi connectivity index (χ3n) is 3.72. The van der Waals surface area contributed by atoms with Gasteiger partial charge in [0.2, 0.25) is 0 Å². The van der Waals surface area contributed by atoms with Gasteiger partial charge in [0.25, 0.3) is 0 Å². The van der Waals surface area contributed by atoms with Crippen LogP contribution in [-0.4, -0.2) is 13.2 Å². The van der Waals surface area contributed by atoms with E-state index in [1.54, 1.807) is 0 Å². The number of nitrogens with one attached hydrogen (secondary N) is 1. The molecular formula is C19H26NO3P. The van der Waals surface area contributed by atoms with Crippen molar-refractivity contribution in [2.45, 2.75) is 33.5 Å². The van der Waals surface area contributed by atoms with E-state index < -0.39 is 13.4 Å². The Bertz CT molecular complexity index is 693. The molecule has 0 heterocycles. The summed E-state index contributed by atoms with van der Waals surface area (Å²) >= 11 is 0. The van der Waals surface area contributed by atoms with Gasteiger partial charge in [0.15, 0.2) is 5.78 Å². The van der Waals surface area contributed by atoms with E-state index in [9.17, 15) is 4.57 Å². The van der Waals surface area contributed by atoms with Crippen LogP contribution in [0.5, 0.6) is 0 Å². The Balaban J connectivity index is 2.44. The van der Waals surface area contributed by atoms with Crippen LogP contribution in [-0.2, 0) is 13.6 Å². The van der Waals surface area contributed by atoms with Gasteiger partial charge in [-0.2, -0.15) is 0 Å². The predicted octanol–water partition coefficient (Wildman–Crippen LogP) is 5.68. The minimum Gasteiger partial charge on any atom is -0.368 e.